The van der Waals surface area contributed by atoms with Crippen LogP contribution >= 0.6 is 27.5 Å². The lowest BCUT2D eigenvalue weighted by Crippen LogP contribution is -2.00. The number of oxazole rings is 1. The summed E-state index contributed by atoms with van der Waals surface area (Å²) in [6.07, 6.45) is -0.841. The second-order valence-electron chi connectivity index (χ2n) is 4.34. The van der Waals surface area contributed by atoms with E-state index in [2.05, 4.69) is 20.9 Å². The SMILES string of the molecule is O=c1[nH]c2ccc(C(O)c3ccc(Cl)cc3Br)cc2o1. The molecule has 0 amide bonds. The van der Waals surface area contributed by atoms with Crippen molar-refractivity contribution in [1.29, 1.82) is 0 Å². The van der Waals surface area contributed by atoms with Crippen molar-refractivity contribution in [3.8, 4) is 0 Å². The van der Waals surface area contributed by atoms with Crippen molar-refractivity contribution in [1.82, 2.24) is 4.98 Å². The Morgan fingerprint density at radius 2 is 2.05 bits per heavy atom. The van der Waals surface area contributed by atoms with Crippen LogP contribution in [0.25, 0.3) is 11.1 Å². The molecular formula is C14H9BrClNO3. The van der Waals surface area contributed by atoms with Crippen LogP contribution in [0.3, 0.4) is 0 Å². The Hall–Kier alpha value is -1.56. The second-order valence-corrected chi connectivity index (χ2v) is 5.63. The second kappa shape index (κ2) is 5.09. The molecule has 1 unspecified atom stereocenters. The molecule has 0 saturated carbocycles. The summed E-state index contributed by atoms with van der Waals surface area (Å²) in [5, 5.41) is 11.0. The van der Waals surface area contributed by atoms with Gasteiger partial charge in [0.15, 0.2) is 5.58 Å². The van der Waals surface area contributed by atoms with Gasteiger partial charge in [0.2, 0.25) is 0 Å². The quantitative estimate of drug-likeness (QED) is 0.738. The number of fused-ring (bicyclic) bond motifs is 1. The maximum atomic E-state index is 11.1. The lowest BCUT2D eigenvalue weighted by atomic mass is 10.0. The van der Waals surface area contributed by atoms with Gasteiger partial charge in [-0.25, -0.2) is 4.79 Å². The molecule has 4 nitrogen and oxygen atoms in total. The minimum absolute atomic E-state index is 0.414. The minimum atomic E-state index is -0.841. The zero-order valence-corrected chi connectivity index (χ0v) is 12.4. The van der Waals surface area contributed by atoms with Gasteiger partial charge in [-0.1, -0.05) is 39.7 Å². The molecule has 3 rings (SSSR count). The van der Waals surface area contributed by atoms with Gasteiger partial charge < -0.3 is 9.52 Å². The van der Waals surface area contributed by atoms with Gasteiger partial charge in [0.1, 0.15) is 6.10 Å². The van der Waals surface area contributed by atoms with Crippen molar-refractivity contribution in [2.75, 3.05) is 0 Å². The van der Waals surface area contributed by atoms with Crippen LogP contribution in [0.2, 0.25) is 5.02 Å². The van der Waals surface area contributed by atoms with E-state index in [-0.39, 0.29) is 0 Å². The molecule has 0 fully saturated rings. The minimum Gasteiger partial charge on any atom is -0.408 e. The fourth-order valence-electron chi connectivity index (χ4n) is 2.03. The molecule has 2 aromatic carbocycles. The monoisotopic (exact) mass is 353 g/mol. The van der Waals surface area contributed by atoms with E-state index in [1.54, 1.807) is 36.4 Å². The zero-order chi connectivity index (χ0) is 14.3. The molecule has 0 aliphatic carbocycles. The molecule has 0 radical (unpaired) electrons. The van der Waals surface area contributed by atoms with E-state index in [1.807, 2.05) is 0 Å². The van der Waals surface area contributed by atoms with Gasteiger partial charge >= 0.3 is 5.76 Å². The number of aliphatic hydroxyl groups is 1. The Morgan fingerprint density at radius 1 is 1.25 bits per heavy atom. The molecule has 1 heterocycles. The predicted molar refractivity (Wildman–Crippen MR) is 80.0 cm³/mol. The van der Waals surface area contributed by atoms with E-state index in [0.717, 1.165) is 0 Å². The van der Waals surface area contributed by atoms with Gasteiger partial charge in [-0.3, -0.25) is 4.98 Å². The standard InChI is InChI=1S/C14H9BrClNO3/c15-10-6-8(16)2-3-9(10)13(18)7-1-4-11-12(5-7)20-14(19)17-11/h1-6,13,18H,(H,17,19). The molecular weight excluding hydrogens is 346 g/mol. The number of hydrogen-bond donors (Lipinski definition) is 2. The highest BCUT2D eigenvalue weighted by Crippen LogP contribution is 2.31. The number of aliphatic hydroxyl groups excluding tert-OH is 1. The van der Waals surface area contributed by atoms with Gasteiger partial charge in [-0.15, -0.1) is 0 Å². The Kier molecular flexibility index (Phi) is 3.41. The summed E-state index contributed by atoms with van der Waals surface area (Å²) in [7, 11) is 0. The Bertz CT molecular complexity index is 840. The van der Waals surface area contributed by atoms with Gasteiger partial charge in [0, 0.05) is 9.50 Å². The van der Waals surface area contributed by atoms with Crippen molar-refractivity contribution in [3.05, 3.63) is 67.6 Å². The Morgan fingerprint density at radius 3 is 2.80 bits per heavy atom. The predicted octanol–water partition coefficient (Wildman–Crippen LogP) is 3.62. The maximum absolute atomic E-state index is 11.1. The van der Waals surface area contributed by atoms with Gasteiger partial charge in [-0.05, 0) is 35.4 Å². The summed E-state index contributed by atoms with van der Waals surface area (Å²) >= 11 is 9.26. The Balaban J connectivity index is 2.06. The van der Waals surface area contributed by atoms with E-state index in [0.29, 0.717) is 31.7 Å². The third-order valence-electron chi connectivity index (χ3n) is 3.02. The summed E-state index contributed by atoms with van der Waals surface area (Å²) < 4.78 is 5.70. The molecule has 1 aromatic heterocycles. The number of rotatable bonds is 2. The van der Waals surface area contributed by atoms with Crippen LogP contribution in [0.5, 0.6) is 0 Å². The lowest BCUT2D eigenvalue weighted by Gasteiger charge is -2.13. The van der Waals surface area contributed by atoms with Crippen molar-refractivity contribution in [2.45, 2.75) is 6.10 Å². The molecule has 0 spiro atoms. The molecule has 0 aliphatic heterocycles. The van der Waals surface area contributed by atoms with Crippen LogP contribution < -0.4 is 5.76 Å². The summed E-state index contributed by atoms with van der Waals surface area (Å²) in [6, 6.07) is 10.2. The van der Waals surface area contributed by atoms with Gasteiger partial charge in [-0.2, -0.15) is 0 Å². The molecule has 20 heavy (non-hydrogen) atoms. The Labute approximate surface area is 127 Å². The molecule has 102 valence electrons. The number of benzene rings is 2. The molecule has 2 N–H and O–H groups in total. The van der Waals surface area contributed by atoms with Crippen molar-refractivity contribution in [3.63, 3.8) is 0 Å². The van der Waals surface area contributed by atoms with Crippen LogP contribution in [0.15, 0.2) is 50.1 Å². The first-order valence-electron chi connectivity index (χ1n) is 5.80. The van der Waals surface area contributed by atoms with E-state index in [1.165, 1.54) is 0 Å². The van der Waals surface area contributed by atoms with Crippen LogP contribution in [0, 0.1) is 0 Å². The first-order valence-corrected chi connectivity index (χ1v) is 6.97. The third-order valence-corrected chi connectivity index (χ3v) is 3.94. The highest BCUT2D eigenvalue weighted by atomic mass is 79.9. The zero-order valence-electron chi connectivity index (χ0n) is 10.1. The van der Waals surface area contributed by atoms with E-state index >= 15 is 0 Å². The van der Waals surface area contributed by atoms with Crippen molar-refractivity contribution in [2.24, 2.45) is 0 Å². The van der Waals surface area contributed by atoms with Gasteiger partial charge in [0.05, 0.1) is 5.52 Å². The number of aromatic amines is 1. The molecule has 3 aromatic rings. The van der Waals surface area contributed by atoms with Gasteiger partial charge in [0.25, 0.3) is 0 Å². The van der Waals surface area contributed by atoms with E-state index in [4.69, 9.17) is 16.0 Å². The summed E-state index contributed by atoms with van der Waals surface area (Å²) in [4.78, 5) is 13.7. The van der Waals surface area contributed by atoms with Crippen LogP contribution in [0.4, 0.5) is 0 Å². The summed E-state index contributed by atoms with van der Waals surface area (Å²) in [5.74, 6) is -0.515. The lowest BCUT2D eigenvalue weighted by molar-refractivity contribution is 0.219. The number of halogens is 2. The first-order chi connectivity index (χ1) is 9.54. The molecule has 1 atom stereocenters. The average Bonchev–Trinajstić information content (AvgIpc) is 2.77. The van der Waals surface area contributed by atoms with E-state index in [9.17, 15) is 9.90 Å². The van der Waals surface area contributed by atoms with Crippen LogP contribution in [0.1, 0.15) is 17.2 Å². The number of H-pyrrole nitrogens is 1. The maximum Gasteiger partial charge on any atom is 0.417 e. The fourth-order valence-corrected chi connectivity index (χ4v) is 2.93. The topological polar surface area (TPSA) is 66.2 Å². The first kappa shape index (κ1) is 13.4. The average molecular weight is 355 g/mol. The summed E-state index contributed by atoms with van der Waals surface area (Å²) in [6.45, 7) is 0. The van der Waals surface area contributed by atoms with Crippen molar-refractivity contribution >= 4 is 38.6 Å². The molecule has 6 heteroatoms. The number of aromatic nitrogens is 1. The molecule has 0 saturated heterocycles. The van der Waals surface area contributed by atoms with Crippen molar-refractivity contribution < 1.29 is 9.52 Å². The highest BCUT2D eigenvalue weighted by Gasteiger charge is 2.15. The smallest absolute Gasteiger partial charge is 0.408 e. The fraction of sp³-hybridized carbons (Fsp3) is 0.0714. The largest absolute Gasteiger partial charge is 0.417 e. The number of nitrogens with one attached hydrogen (secondary N) is 1. The van der Waals surface area contributed by atoms with Crippen LogP contribution in [-0.4, -0.2) is 10.1 Å². The highest BCUT2D eigenvalue weighted by molar-refractivity contribution is 9.10. The van der Waals surface area contributed by atoms with Crippen LogP contribution in [-0.2, 0) is 0 Å². The number of hydrogen-bond acceptors (Lipinski definition) is 3. The normalized spacial score (nSPS) is 12.8. The molecule has 0 aliphatic rings. The third kappa shape index (κ3) is 2.40. The molecule has 0 bridgehead atoms. The summed E-state index contributed by atoms with van der Waals surface area (Å²) in [5.41, 5.74) is 2.33. The van der Waals surface area contributed by atoms with E-state index < -0.39 is 11.9 Å².